The Balaban J connectivity index is 0.00000441. The van der Waals surface area contributed by atoms with E-state index in [9.17, 15) is 0 Å². The highest BCUT2D eigenvalue weighted by atomic mass is 79.9. The van der Waals surface area contributed by atoms with Crippen LogP contribution in [0.25, 0.3) is 0 Å². The van der Waals surface area contributed by atoms with Crippen molar-refractivity contribution in [3.63, 3.8) is 0 Å². The largest absolute Gasteiger partial charge is 0.359 e. The molecule has 0 N–H and O–H groups in total. The highest BCUT2D eigenvalue weighted by molar-refractivity contribution is 8.93. The molecule has 0 radical (unpaired) electrons. The zero-order valence-electron chi connectivity index (χ0n) is 15.1. The van der Waals surface area contributed by atoms with Gasteiger partial charge in [0.15, 0.2) is 0 Å². The summed E-state index contributed by atoms with van der Waals surface area (Å²) in [5.74, 6) is 0. The van der Waals surface area contributed by atoms with E-state index in [1.165, 1.54) is 90.1 Å². The van der Waals surface area contributed by atoms with Gasteiger partial charge in [0.1, 0.15) is 0 Å². The summed E-state index contributed by atoms with van der Waals surface area (Å²) in [5.41, 5.74) is 0. The third-order valence-corrected chi connectivity index (χ3v) is 4.45. The minimum Gasteiger partial charge on any atom is -0.359 e. The summed E-state index contributed by atoms with van der Waals surface area (Å²) in [6.45, 7) is 8.19. The average molecular weight is 375 g/mol. The Morgan fingerprint density at radius 1 is 0.591 bits per heavy atom. The van der Waals surface area contributed by atoms with Crippen molar-refractivity contribution >= 4 is 17.0 Å². The number of hydrogen-bond acceptors (Lipinski definition) is 2. The molecular formula is C19H39BrN2. The molecule has 0 aliphatic carbocycles. The number of hydrogen-bond donors (Lipinski definition) is 0. The molecular weight excluding hydrogens is 336 g/mol. The van der Waals surface area contributed by atoms with Crippen LogP contribution < -0.4 is 0 Å². The summed E-state index contributed by atoms with van der Waals surface area (Å²) >= 11 is 0. The standard InChI is InChI=1S/C19H38N2.BrH/c1-3-5-7-9-11-13-15-20-17-18-21(19-20)16-14-12-10-8-6-4-2;/h17-18H,3-16,19H2,1-2H3;1H. The molecule has 0 amide bonds. The second kappa shape index (κ2) is 15.7. The maximum absolute atomic E-state index is 2.48. The number of nitrogens with zero attached hydrogens (tertiary/aromatic N) is 2. The van der Waals surface area contributed by atoms with E-state index in [4.69, 9.17) is 0 Å². The summed E-state index contributed by atoms with van der Waals surface area (Å²) < 4.78 is 0. The van der Waals surface area contributed by atoms with Crippen molar-refractivity contribution in [3.05, 3.63) is 12.4 Å². The van der Waals surface area contributed by atoms with E-state index in [-0.39, 0.29) is 17.0 Å². The van der Waals surface area contributed by atoms with Crippen molar-refractivity contribution in [1.82, 2.24) is 9.80 Å². The first kappa shape index (κ1) is 21.8. The van der Waals surface area contributed by atoms with E-state index in [1.807, 2.05) is 0 Å². The van der Waals surface area contributed by atoms with Gasteiger partial charge in [-0.3, -0.25) is 0 Å². The van der Waals surface area contributed by atoms with E-state index >= 15 is 0 Å². The maximum atomic E-state index is 2.48. The van der Waals surface area contributed by atoms with E-state index in [0.29, 0.717) is 0 Å². The van der Waals surface area contributed by atoms with Crippen LogP contribution in [0.4, 0.5) is 0 Å². The molecule has 0 unspecified atom stereocenters. The van der Waals surface area contributed by atoms with E-state index in [2.05, 4.69) is 36.0 Å². The van der Waals surface area contributed by atoms with Crippen molar-refractivity contribution in [2.75, 3.05) is 19.8 Å². The lowest BCUT2D eigenvalue weighted by molar-refractivity contribution is 0.257. The summed E-state index contributed by atoms with van der Waals surface area (Å²) in [5, 5.41) is 0. The lowest BCUT2D eigenvalue weighted by atomic mass is 10.1. The van der Waals surface area contributed by atoms with E-state index in [0.717, 1.165) is 6.67 Å². The van der Waals surface area contributed by atoms with Gasteiger partial charge >= 0.3 is 0 Å². The Morgan fingerprint density at radius 2 is 0.955 bits per heavy atom. The normalized spacial score (nSPS) is 13.7. The van der Waals surface area contributed by atoms with E-state index < -0.39 is 0 Å². The van der Waals surface area contributed by atoms with Gasteiger partial charge in [-0.1, -0.05) is 78.1 Å². The van der Waals surface area contributed by atoms with Gasteiger partial charge in [-0.2, -0.15) is 0 Å². The minimum atomic E-state index is 0. The first-order valence-corrected chi connectivity index (χ1v) is 9.53. The fourth-order valence-corrected chi connectivity index (χ4v) is 3.00. The van der Waals surface area contributed by atoms with Crippen molar-refractivity contribution in [2.24, 2.45) is 0 Å². The highest BCUT2D eigenvalue weighted by Crippen LogP contribution is 2.12. The first-order valence-electron chi connectivity index (χ1n) is 9.53. The molecule has 0 spiro atoms. The molecule has 0 aromatic heterocycles. The number of unbranched alkanes of at least 4 members (excludes halogenated alkanes) is 10. The molecule has 0 aromatic carbocycles. The van der Waals surface area contributed by atoms with Crippen molar-refractivity contribution in [2.45, 2.75) is 90.9 Å². The Labute approximate surface area is 150 Å². The van der Waals surface area contributed by atoms with Crippen LogP contribution in [0.15, 0.2) is 12.4 Å². The summed E-state index contributed by atoms with van der Waals surface area (Å²) in [6, 6.07) is 0. The predicted octanol–water partition coefficient (Wildman–Crippen LogP) is 6.33. The molecule has 0 aromatic rings. The monoisotopic (exact) mass is 374 g/mol. The molecule has 1 heterocycles. The van der Waals surface area contributed by atoms with Crippen molar-refractivity contribution < 1.29 is 0 Å². The van der Waals surface area contributed by atoms with Gasteiger partial charge in [0, 0.05) is 25.5 Å². The minimum absolute atomic E-state index is 0. The van der Waals surface area contributed by atoms with E-state index in [1.54, 1.807) is 0 Å². The molecule has 3 heteroatoms. The molecule has 0 bridgehead atoms. The Kier molecular flexibility index (Phi) is 15.6. The van der Waals surface area contributed by atoms with Crippen LogP contribution in [0.1, 0.15) is 90.9 Å². The molecule has 0 saturated heterocycles. The average Bonchev–Trinajstić information content (AvgIpc) is 2.94. The van der Waals surface area contributed by atoms with Crippen LogP contribution in [-0.4, -0.2) is 29.6 Å². The maximum Gasteiger partial charge on any atom is 0.0893 e. The van der Waals surface area contributed by atoms with Gasteiger partial charge < -0.3 is 9.80 Å². The summed E-state index contributed by atoms with van der Waals surface area (Å²) in [7, 11) is 0. The van der Waals surface area contributed by atoms with Crippen molar-refractivity contribution in [3.8, 4) is 0 Å². The first-order chi connectivity index (χ1) is 10.4. The molecule has 0 atom stereocenters. The zero-order valence-corrected chi connectivity index (χ0v) is 16.8. The van der Waals surface area contributed by atoms with Crippen LogP contribution in [0.5, 0.6) is 0 Å². The van der Waals surface area contributed by atoms with Crippen LogP contribution in [0.2, 0.25) is 0 Å². The Hall–Kier alpha value is -0.180. The Bertz CT molecular complexity index is 232. The third-order valence-electron chi connectivity index (χ3n) is 4.45. The quantitative estimate of drug-likeness (QED) is 0.327. The van der Waals surface area contributed by atoms with Gasteiger partial charge in [0.25, 0.3) is 0 Å². The van der Waals surface area contributed by atoms with Gasteiger partial charge in [0.05, 0.1) is 6.67 Å². The smallest absolute Gasteiger partial charge is 0.0893 e. The fraction of sp³-hybridized carbons (Fsp3) is 0.895. The number of halogens is 1. The molecule has 0 saturated carbocycles. The summed E-state index contributed by atoms with van der Waals surface area (Å²) in [4.78, 5) is 4.97. The number of rotatable bonds is 14. The van der Waals surface area contributed by atoms with Gasteiger partial charge in [-0.05, 0) is 12.8 Å². The third kappa shape index (κ3) is 11.4. The van der Waals surface area contributed by atoms with Crippen LogP contribution in [0.3, 0.4) is 0 Å². The lowest BCUT2D eigenvalue weighted by Gasteiger charge is -2.21. The van der Waals surface area contributed by atoms with Crippen LogP contribution in [0, 0.1) is 0 Å². The topological polar surface area (TPSA) is 6.48 Å². The Morgan fingerprint density at radius 3 is 1.36 bits per heavy atom. The van der Waals surface area contributed by atoms with Crippen LogP contribution in [-0.2, 0) is 0 Å². The van der Waals surface area contributed by atoms with Gasteiger partial charge in [-0.25, -0.2) is 0 Å². The summed E-state index contributed by atoms with van der Waals surface area (Å²) in [6.07, 6.45) is 21.3. The molecule has 2 nitrogen and oxygen atoms in total. The van der Waals surface area contributed by atoms with Gasteiger partial charge in [-0.15, -0.1) is 17.0 Å². The molecule has 132 valence electrons. The SMILES string of the molecule is Br.CCCCCCCCN1C=CN(CCCCCCCC)C1. The molecule has 22 heavy (non-hydrogen) atoms. The lowest BCUT2D eigenvalue weighted by Crippen LogP contribution is -2.26. The molecule has 1 aliphatic rings. The van der Waals surface area contributed by atoms with Gasteiger partial charge in [0.2, 0.25) is 0 Å². The molecule has 1 aliphatic heterocycles. The van der Waals surface area contributed by atoms with Crippen LogP contribution >= 0.6 is 17.0 Å². The second-order valence-corrected chi connectivity index (χ2v) is 6.60. The zero-order chi connectivity index (χ0) is 15.2. The van der Waals surface area contributed by atoms with Crippen molar-refractivity contribution in [1.29, 1.82) is 0 Å². The molecule has 0 fully saturated rings. The highest BCUT2D eigenvalue weighted by Gasteiger charge is 2.10. The second-order valence-electron chi connectivity index (χ2n) is 6.60. The molecule has 1 rings (SSSR count). The predicted molar refractivity (Wildman–Crippen MR) is 104 cm³/mol. The fourth-order valence-electron chi connectivity index (χ4n) is 3.00.